The van der Waals surface area contributed by atoms with E-state index in [1.807, 2.05) is 14.7 Å². The molecule has 4 fully saturated rings. The zero-order valence-electron chi connectivity index (χ0n) is 25.1. The second-order valence-electron chi connectivity index (χ2n) is 12.1. The topological polar surface area (TPSA) is 93.6 Å². The van der Waals surface area contributed by atoms with Gasteiger partial charge in [0.25, 0.3) is 0 Å². The standard InChI is InChI=1S/C31H50N4O5S/c1-5-13-33(14-6-2)27(37)24-25-28(38)35(16-9-8-10-21-36)26(31(25)12-11-30(24,4)41-31)29(39)34(15-7-3)18-17-32-19-22-40-23-20-32/h5,7,24-26,36H,1,3,6,8-23H2,2,4H3/t24-,25-,26?,30+,31?/m0/s1. The van der Waals surface area contributed by atoms with Crippen molar-refractivity contribution in [3.05, 3.63) is 25.3 Å². The molecule has 5 atom stereocenters. The molecule has 230 valence electrons. The van der Waals surface area contributed by atoms with Crippen LogP contribution in [0.1, 0.15) is 52.4 Å². The summed E-state index contributed by atoms with van der Waals surface area (Å²) in [6, 6.07) is -0.609. The number of rotatable bonds is 16. The van der Waals surface area contributed by atoms with Gasteiger partial charge in [-0.15, -0.1) is 24.9 Å². The van der Waals surface area contributed by atoms with Crippen LogP contribution in [0.2, 0.25) is 0 Å². The third-order valence-corrected chi connectivity index (χ3v) is 11.4. The van der Waals surface area contributed by atoms with Crippen LogP contribution in [0.5, 0.6) is 0 Å². The molecule has 9 nitrogen and oxygen atoms in total. The summed E-state index contributed by atoms with van der Waals surface area (Å²) in [6.07, 6.45) is 8.07. The van der Waals surface area contributed by atoms with Gasteiger partial charge in [-0.3, -0.25) is 19.3 Å². The molecule has 1 spiro atoms. The highest BCUT2D eigenvalue weighted by Crippen LogP contribution is 2.71. The van der Waals surface area contributed by atoms with Gasteiger partial charge in [0.15, 0.2) is 0 Å². The largest absolute Gasteiger partial charge is 0.396 e. The molecule has 2 bridgehead atoms. The highest BCUT2D eigenvalue weighted by molar-refractivity contribution is 8.02. The average molecular weight is 591 g/mol. The summed E-state index contributed by atoms with van der Waals surface area (Å²) < 4.78 is 4.49. The predicted molar refractivity (Wildman–Crippen MR) is 162 cm³/mol. The van der Waals surface area contributed by atoms with Crippen LogP contribution >= 0.6 is 11.8 Å². The van der Waals surface area contributed by atoms with Crippen LogP contribution in [0.3, 0.4) is 0 Å². The molecule has 4 aliphatic rings. The van der Waals surface area contributed by atoms with Gasteiger partial charge in [0.1, 0.15) is 6.04 Å². The molecule has 4 rings (SSSR count). The predicted octanol–water partition coefficient (Wildman–Crippen LogP) is 2.40. The average Bonchev–Trinajstić information content (AvgIpc) is 3.53. The molecule has 0 radical (unpaired) electrons. The van der Waals surface area contributed by atoms with E-state index in [0.29, 0.717) is 58.8 Å². The summed E-state index contributed by atoms with van der Waals surface area (Å²) in [4.78, 5) is 50.9. The Morgan fingerprint density at radius 2 is 1.73 bits per heavy atom. The number of fused-ring (bicyclic) bond motifs is 1. The number of ether oxygens (including phenoxy) is 1. The molecular weight excluding hydrogens is 540 g/mol. The summed E-state index contributed by atoms with van der Waals surface area (Å²) >= 11 is 1.74. The quantitative estimate of drug-likeness (QED) is 0.218. The number of nitrogens with zero attached hydrogens (tertiary/aromatic N) is 4. The third-order valence-electron chi connectivity index (χ3n) is 9.44. The van der Waals surface area contributed by atoms with E-state index in [-0.39, 0.29) is 29.1 Å². The van der Waals surface area contributed by atoms with E-state index in [9.17, 15) is 19.5 Å². The number of aliphatic hydroxyl groups excluding tert-OH is 1. The Balaban J connectivity index is 1.66. The Hall–Kier alpha value is -1.88. The van der Waals surface area contributed by atoms with Crippen LogP contribution in [-0.4, -0.2) is 130 Å². The van der Waals surface area contributed by atoms with Gasteiger partial charge in [-0.2, -0.15) is 0 Å². The number of hydrogen-bond acceptors (Lipinski definition) is 7. The number of aliphatic hydroxyl groups is 1. The van der Waals surface area contributed by atoms with Crippen LogP contribution in [0.4, 0.5) is 0 Å². The number of carbonyl (C=O) groups is 3. The molecule has 0 aromatic heterocycles. The van der Waals surface area contributed by atoms with Gasteiger partial charge in [0, 0.05) is 63.7 Å². The maximum Gasteiger partial charge on any atom is 0.247 e. The van der Waals surface area contributed by atoms with Crippen molar-refractivity contribution in [3.8, 4) is 0 Å². The second-order valence-corrected chi connectivity index (χ2v) is 14.0. The van der Waals surface area contributed by atoms with Gasteiger partial charge in [-0.1, -0.05) is 19.1 Å². The summed E-state index contributed by atoms with van der Waals surface area (Å²) in [5, 5.41) is 9.31. The van der Waals surface area contributed by atoms with Crippen LogP contribution < -0.4 is 0 Å². The Bertz CT molecular complexity index is 974. The second kappa shape index (κ2) is 14.1. The molecule has 41 heavy (non-hydrogen) atoms. The zero-order valence-corrected chi connectivity index (χ0v) is 25.9. The molecule has 10 heteroatoms. The molecule has 2 unspecified atom stereocenters. The number of likely N-dealkylation sites (tertiary alicyclic amines) is 1. The molecule has 0 aromatic rings. The lowest BCUT2D eigenvalue weighted by molar-refractivity contribution is -0.145. The Morgan fingerprint density at radius 3 is 2.37 bits per heavy atom. The summed E-state index contributed by atoms with van der Waals surface area (Å²) in [6.45, 7) is 18.4. The van der Waals surface area contributed by atoms with Gasteiger partial charge in [-0.25, -0.2) is 0 Å². The van der Waals surface area contributed by atoms with E-state index in [2.05, 4.69) is 31.9 Å². The lowest BCUT2D eigenvalue weighted by Crippen LogP contribution is -2.56. The fourth-order valence-electron chi connectivity index (χ4n) is 7.51. The van der Waals surface area contributed by atoms with Gasteiger partial charge in [0.05, 0.1) is 29.8 Å². The molecule has 4 saturated heterocycles. The molecular formula is C31H50N4O5S. The monoisotopic (exact) mass is 590 g/mol. The van der Waals surface area contributed by atoms with Crippen molar-refractivity contribution in [2.75, 3.05) is 72.2 Å². The SMILES string of the molecule is C=CCN(CCN1CCOCC1)C(=O)C1N(CCCCCO)C(=O)[C@@H]2[C@@H](C(=O)N(CC=C)CCC)[C@@]3(C)CCC12S3. The molecule has 0 aliphatic carbocycles. The molecule has 0 aromatic carbocycles. The van der Waals surface area contributed by atoms with Gasteiger partial charge in [0.2, 0.25) is 17.7 Å². The molecule has 1 N–H and O–H groups in total. The van der Waals surface area contributed by atoms with Crippen molar-refractivity contribution in [1.29, 1.82) is 0 Å². The lowest BCUT2D eigenvalue weighted by Gasteiger charge is -2.38. The first-order valence-corrected chi connectivity index (χ1v) is 16.3. The van der Waals surface area contributed by atoms with Crippen molar-refractivity contribution >= 4 is 29.5 Å². The smallest absolute Gasteiger partial charge is 0.247 e. The molecule has 3 amide bonds. The fraction of sp³-hybridized carbons (Fsp3) is 0.774. The first kappa shape index (κ1) is 32.0. The zero-order chi connectivity index (χ0) is 29.6. The first-order chi connectivity index (χ1) is 19.8. The highest BCUT2D eigenvalue weighted by Gasteiger charge is 2.77. The number of unbranched alkanes of at least 4 members (excludes halogenated alkanes) is 2. The number of amides is 3. The molecule has 0 saturated carbocycles. The van der Waals surface area contributed by atoms with E-state index >= 15 is 0 Å². The summed E-state index contributed by atoms with van der Waals surface area (Å²) in [7, 11) is 0. The number of thioether (sulfide) groups is 1. The van der Waals surface area contributed by atoms with Crippen LogP contribution in [0.15, 0.2) is 25.3 Å². The maximum atomic E-state index is 14.6. The van der Waals surface area contributed by atoms with E-state index in [1.165, 1.54) is 0 Å². The lowest BCUT2D eigenvalue weighted by atomic mass is 9.66. The highest BCUT2D eigenvalue weighted by atomic mass is 32.2. The summed E-state index contributed by atoms with van der Waals surface area (Å²) in [5.41, 5.74) is 0. The van der Waals surface area contributed by atoms with Crippen molar-refractivity contribution in [2.45, 2.75) is 67.9 Å². The Kier molecular flexibility index (Phi) is 11.0. The van der Waals surface area contributed by atoms with Crippen molar-refractivity contribution in [1.82, 2.24) is 19.6 Å². The maximum absolute atomic E-state index is 14.6. The number of carbonyl (C=O) groups excluding carboxylic acids is 3. The third kappa shape index (κ3) is 6.26. The van der Waals surface area contributed by atoms with Crippen molar-refractivity contribution < 1.29 is 24.2 Å². The van der Waals surface area contributed by atoms with Gasteiger partial charge in [-0.05, 0) is 45.4 Å². The van der Waals surface area contributed by atoms with Gasteiger partial charge < -0.3 is 24.5 Å². The van der Waals surface area contributed by atoms with E-state index < -0.39 is 22.6 Å². The number of morpholine rings is 1. The minimum absolute atomic E-state index is 0.0188. The Labute approximate surface area is 250 Å². The normalized spacial score (nSPS) is 30.9. The van der Waals surface area contributed by atoms with E-state index in [4.69, 9.17) is 4.74 Å². The minimum atomic E-state index is -0.620. The number of hydrogen-bond donors (Lipinski definition) is 1. The van der Waals surface area contributed by atoms with Gasteiger partial charge >= 0.3 is 0 Å². The van der Waals surface area contributed by atoms with Crippen LogP contribution in [-0.2, 0) is 19.1 Å². The van der Waals surface area contributed by atoms with Crippen LogP contribution in [0, 0.1) is 11.8 Å². The minimum Gasteiger partial charge on any atom is -0.396 e. The van der Waals surface area contributed by atoms with E-state index in [1.54, 1.807) is 23.9 Å². The Morgan fingerprint density at radius 1 is 1.05 bits per heavy atom. The summed E-state index contributed by atoms with van der Waals surface area (Å²) in [5.74, 6) is -1.04. The van der Waals surface area contributed by atoms with Crippen molar-refractivity contribution in [2.24, 2.45) is 11.8 Å². The van der Waals surface area contributed by atoms with Crippen LogP contribution in [0.25, 0.3) is 0 Å². The molecule has 4 aliphatic heterocycles. The van der Waals surface area contributed by atoms with Crippen molar-refractivity contribution in [3.63, 3.8) is 0 Å². The first-order valence-electron chi connectivity index (χ1n) is 15.5. The fourth-order valence-corrected chi connectivity index (χ4v) is 9.86. The van der Waals surface area contributed by atoms with E-state index in [0.717, 1.165) is 45.3 Å². The molecule has 4 heterocycles.